The second-order valence-corrected chi connectivity index (χ2v) is 4.97. The maximum Gasteiger partial charge on any atom is 0.273 e. The first-order valence-corrected chi connectivity index (χ1v) is 6.62. The van der Waals surface area contributed by atoms with Crippen LogP contribution >= 0.6 is 0 Å². The highest BCUT2D eigenvalue weighted by Crippen LogP contribution is 2.05. The Bertz CT molecular complexity index is 532. The fraction of sp³-hybridized carbons (Fsp3) is 0.429. The number of nitrogens with one attached hydrogen (secondary N) is 2. The summed E-state index contributed by atoms with van der Waals surface area (Å²) in [5.74, 6) is 1.66. The van der Waals surface area contributed by atoms with Crippen molar-refractivity contribution in [2.24, 2.45) is 5.92 Å². The molecule has 2 N–H and O–H groups in total. The standard InChI is InChI=1S/C14H19N3O3/c1-10(2)7-16-14(18)13-6-12(20-17-13)9-15-8-11-4-3-5-19-11/h3-6,10,15H,7-9H2,1-2H3,(H,16,18). The van der Waals surface area contributed by atoms with Gasteiger partial charge in [0.25, 0.3) is 5.91 Å². The Morgan fingerprint density at radius 2 is 2.15 bits per heavy atom. The Morgan fingerprint density at radius 3 is 2.85 bits per heavy atom. The summed E-state index contributed by atoms with van der Waals surface area (Å²) in [5, 5.41) is 9.70. The number of rotatable bonds is 7. The molecule has 0 unspecified atom stereocenters. The van der Waals surface area contributed by atoms with Crippen molar-refractivity contribution in [2.45, 2.75) is 26.9 Å². The molecule has 0 atom stereocenters. The van der Waals surface area contributed by atoms with Crippen LogP contribution in [0.5, 0.6) is 0 Å². The van der Waals surface area contributed by atoms with E-state index in [1.165, 1.54) is 0 Å². The van der Waals surface area contributed by atoms with E-state index in [-0.39, 0.29) is 5.91 Å². The molecule has 0 aliphatic heterocycles. The van der Waals surface area contributed by atoms with E-state index in [9.17, 15) is 4.79 Å². The van der Waals surface area contributed by atoms with Crippen LogP contribution in [0, 0.1) is 5.92 Å². The molecule has 1 amide bonds. The average molecular weight is 277 g/mol. The van der Waals surface area contributed by atoms with Crippen LogP contribution < -0.4 is 10.6 Å². The molecule has 0 aliphatic carbocycles. The maximum absolute atomic E-state index is 11.8. The number of carbonyl (C=O) groups excluding carboxylic acids is 1. The Morgan fingerprint density at radius 1 is 1.35 bits per heavy atom. The summed E-state index contributed by atoms with van der Waals surface area (Å²) in [7, 11) is 0. The Kier molecular flexibility index (Phi) is 4.95. The molecule has 2 aromatic rings. The van der Waals surface area contributed by atoms with Crippen molar-refractivity contribution in [2.75, 3.05) is 6.54 Å². The number of amides is 1. The summed E-state index contributed by atoms with van der Waals surface area (Å²) in [6, 6.07) is 5.37. The lowest BCUT2D eigenvalue weighted by molar-refractivity contribution is 0.0940. The van der Waals surface area contributed by atoms with Crippen LogP contribution in [0.4, 0.5) is 0 Å². The average Bonchev–Trinajstić information content (AvgIpc) is 3.07. The summed E-state index contributed by atoms with van der Waals surface area (Å²) in [6.45, 7) is 5.78. The predicted octanol–water partition coefficient (Wildman–Crippen LogP) is 1.94. The minimum absolute atomic E-state index is 0.209. The van der Waals surface area contributed by atoms with Gasteiger partial charge in [-0.25, -0.2) is 0 Å². The fourth-order valence-electron chi connectivity index (χ4n) is 1.61. The molecule has 2 rings (SSSR count). The quantitative estimate of drug-likeness (QED) is 0.808. The summed E-state index contributed by atoms with van der Waals surface area (Å²) in [4.78, 5) is 11.8. The lowest BCUT2D eigenvalue weighted by atomic mass is 10.2. The van der Waals surface area contributed by atoms with Crippen molar-refractivity contribution in [1.29, 1.82) is 0 Å². The van der Waals surface area contributed by atoms with E-state index in [2.05, 4.69) is 15.8 Å². The van der Waals surface area contributed by atoms with Gasteiger partial charge in [0, 0.05) is 12.6 Å². The van der Waals surface area contributed by atoms with Crippen LogP contribution in [0.25, 0.3) is 0 Å². The van der Waals surface area contributed by atoms with Gasteiger partial charge in [-0.15, -0.1) is 0 Å². The Balaban J connectivity index is 1.78. The number of carbonyl (C=O) groups is 1. The molecule has 0 saturated heterocycles. The molecule has 0 aliphatic rings. The van der Waals surface area contributed by atoms with E-state index in [1.54, 1.807) is 12.3 Å². The minimum Gasteiger partial charge on any atom is -0.468 e. The maximum atomic E-state index is 11.8. The van der Waals surface area contributed by atoms with Gasteiger partial charge >= 0.3 is 0 Å². The molecule has 108 valence electrons. The minimum atomic E-state index is -0.209. The highest BCUT2D eigenvalue weighted by Gasteiger charge is 2.12. The molecule has 0 aromatic carbocycles. The molecule has 6 heteroatoms. The van der Waals surface area contributed by atoms with Crippen LogP contribution in [0.15, 0.2) is 33.4 Å². The highest BCUT2D eigenvalue weighted by molar-refractivity contribution is 5.92. The van der Waals surface area contributed by atoms with Crippen molar-refractivity contribution < 1.29 is 13.7 Å². The van der Waals surface area contributed by atoms with Gasteiger partial charge in [0.1, 0.15) is 5.76 Å². The van der Waals surface area contributed by atoms with Gasteiger partial charge in [-0.3, -0.25) is 4.79 Å². The smallest absolute Gasteiger partial charge is 0.273 e. The van der Waals surface area contributed by atoms with Crippen LogP contribution in [0.2, 0.25) is 0 Å². The summed E-state index contributed by atoms with van der Waals surface area (Å²) < 4.78 is 10.3. The van der Waals surface area contributed by atoms with Gasteiger partial charge in [-0.05, 0) is 18.1 Å². The molecule has 6 nitrogen and oxygen atoms in total. The van der Waals surface area contributed by atoms with Crippen molar-refractivity contribution >= 4 is 5.91 Å². The van der Waals surface area contributed by atoms with E-state index in [1.807, 2.05) is 26.0 Å². The first-order valence-electron chi connectivity index (χ1n) is 6.62. The van der Waals surface area contributed by atoms with Gasteiger partial charge in [-0.1, -0.05) is 19.0 Å². The first-order chi connectivity index (χ1) is 9.65. The molecule has 0 radical (unpaired) electrons. The molecule has 0 saturated carbocycles. The van der Waals surface area contributed by atoms with E-state index in [0.29, 0.717) is 37.0 Å². The van der Waals surface area contributed by atoms with Crippen LogP contribution in [0.3, 0.4) is 0 Å². The van der Waals surface area contributed by atoms with Crippen molar-refractivity contribution in [1.82, 2.24) is 15.8 Å². The normalized spacial score (nSPS) is 10.9. The summed E-state index contributed by atoms with van der Waals surface area (Å²) in [5.41, 5.74) is 0.306. The number of nitrogens with zero attached hydrogens (tertiary/aromatic N) is 1. The van der Waals surface area contributed by atoms with E-state index < -0.39 is 0 Å². The first kappa shape index (κ1) is 14.3. The molecule has 2 aromatic heterocycles. The molecular weight excluding hydrogens is 258 g/mol. The number of furan rings is 1. The summed E-state index contributed by atoms with van der Waals surface area (Å²) in [6.07, 6.45) is 1.63. The summed E-state index contributed by atoms with van der Waals surface area (Å²) >= 11 is 0. The van der Waals surface area contributed by atoms with Gasteiger partial charge in [0.15, 0.2) is 11.5 Å². The van der Waals surface area contributed by atoms with Gasteiger partial charge in [0.05, 0.1) is 19.4 Å². The Labute approximate surface area is 117 Å². The lowest BCUT2D eigenvalue weighted by Gasteiger charge is -2.04. The van der Waals surface area contributed by atoms with Gasteiger partial charge < -0.3 is 19.6 Å². The lowest BCUT2D eigenvalue weighted by Crippen LogP contribution is -2.27. The SMILES string of the molecule is CC(C)CNC(=O)c1cc(CNCc2ccco2)on1. The van der Waals surface area contributed by atoms with E-state index in [0.717, 1.165) is 5.76 Å². The number of aromatic nitrogens is 1. The number of hydrogen-bond donors (Lipinski definition) is 2. The van der Waals surface area contributed by atoms with Crippen LogP contribution in [-0.2, 0) is 13.1 Å². The van der Waals surface area contributed by atoms with Crippen molar-refractivity contribution in [3.8, 4) is 0 Å². The van der Waals surface area contributed by atoms with Crippen LogP contribution in [-0.4, -0.2) is 17.6 Å². The molecule has 20 heavy (non-hydrogen) atoms. The second kappa shape index (κ2) is 6.91. The van der Waals surface area contributed by atoms with Crippen LogP contribution in [0.1, 0.15) is 35.9 Å². The largest absolute Gasteiger partial charge is 0.468 e. The molecular formula is C14H19N3O3. The third kappa shape index (κ3) is 4.24. The molecule has 0 bridgehead atoms. The second-order valence-electron chi connectivity index (χ2n) is 4.97. The van der Waals surface area contributed by atoms with E-state index >= 15 is 0 Å². The zero-order chi connectivity index (χ0) is 14.4. The van der Waals surface area contributed by atoms with Gasteiger partial charge in [0.2, 0.25) is 0 Å². The Hall–Kier alpha value is -2.08. The topological polar surface area (TPSA) is 80.3 Å². The molecule has 0 spiro atoms. The predicted molar refractivity (Wildman–Crippen MR) is 72.9 cm³/mol. The third-order valence-electron chi connectivity index (χ3n) is 2.64. The van der Waals surface area contributed by atoms with Crippen molar-refractivity contribution in [3.63, 3.8) is 0 Å². The zero-order valence-corrected chi connectivity index (χ0v) is 11.7. The third-order valence-corrected chi connectivity index (χ3v) is 2.64. The monoisotopic (exact) mass is 277 g/mol. The zero-order valence-electron chi connectivity index (χ0n) is 11.7. The number of hydrogen-bond acceptors (Lipinski definition) is 5. The molecule has 2 heterocycles. The van der Waals surface area contributed by atoms with E-state index in [4.69, 9.17) is 8.94 Å². The molecule has 0 fully saturated rings. The van der Waals surface area contributed by atoms with Gasteiger partial charge in [-0.2, -0.15) is 0 Å². The highest BCUT2D eigenvalue weighted by atomic mass is 16.5. The fourth-order valence-corrected chi connectivity index (χ4v) is 1.61. The van der Waals surface area contributed by atoms with Crippen molar-refractivity contribution in [3.05, 3.63) is 41.7 Å².